The van der Waals surface area contributed by atoms with Crippen LogP contribution in [0.15, 0.2) is 28.8 Å². The van der Waals surface area contributed by atoms with Crippen molar-refractivity contribution in [3.8, 4) is 5.75 Å². The molecule has 0 saturated heterocycles. The van der Waals surface area contributed by atoms with Gasteiger partial charge < -0.3 is 19.5 Å². The van der Waals surface area contributed by atoms with Crippen LogP contribution < -0.4 is 10.1 Å². The molecule has 0 saturated carbocycles. The van der Waals surface area contributed by atoms with E-state index in [1.807, 2.05) is 13.8 Å². The Morgan fingerprint density at radius 2 is 1.96 bits per heavy atom. The summed E-state index contributed by atoms with van der Waals surface area (Å²) in [6.07, 6.45) is -3.52. The van der Waals surface area contributed by atoms with Gasteiger partial charge in [-0.2, -0.15) is 4.98 Å². The van der Waals surface area contributed by atoms with Gasteiger partial charge in [-0.25, -0.2) is 4.79 Å². The second-order valence-corrected chi connectivity index (χ2v) is 6.58. The summed E-state index contributed by atoms with van der Waals surface area (Å²) in [5.41, 5.74) is 0.680. The first kappa shape index (κ1) is 21.5. The number of aryl methyl sites for hydroxylation is 1. The molecular formula is C18H23F3N4O3. The van der Waals surface area contributed by atoms with Crippen LogP contribution in [-0.2, 0) is 13.0 Å². The van der Waals surface area contributed by atoms with E-state index in [9.17, 15) is 18.0 Å². The van der Waals surface area contributed by atoms with Crippen molar-refractivity contribution in [1.29, 1.82) is 0 Å². The van der Waals surface area contributed by atoms with E-state index in [-0.39, 0.29) is 24.2 Å². The number of hydrogen-bond donors (Lipinski definition) is 1. The minimum Gasteiger partial charge on any atom is -0.406 e. The highest BCUT2D eigenvalue weighted by Gasteiger charge is 2.30. The number of alkyl halides is 3. The van der Waals surface area contributed by atoms with Gasteiger partial charge in [-0.3, -0.25) is 0 Å². The zero-order valence-corrected chi connectivity index (χ0v) is 15.9. The lowest BCUT2D eigenvalue weighted by Crippen LogP contribution is -2.37. The molecule has 28 heavy (non-hydrogen) atoms. The molecule has 2 rings (SSSR count). The Balaban J connectivity index is 1.71. The Hall–Kier alpha value is -2.78. The van der Waals surface area contributed by atoms with Crippen LogP contribution in [0.4, 0.5) is 18.0 Å². The monoisotopic (exact) mass is 400 g/mol. The van der Waals surface area contributed by atoms with Crippen molar-refractivity contribution in [2.45, 2.75) is 45.5 Å². The van der Waals surface area contributed by atoms with Gasteiger partial charge in [0.15, 0.2) is 5.82 Å². The molecule has 2 amide bonds. The number of carbonyl (C=O) groups is 1. The molecule has 0 bridgehead atoms. The third kappa shape index (κ3) is 7.09. The molecule has 1 heterocycles. The SMILES string of the molecule is CC(C)c1noc(CCCNC(=O)N(C)Cc2ccc(OC(F)(F)F)cc2)n1. The maximum atomic E-state index is 12.2. The Bertz CT molecular complexity index is 760. The number of ether oxygens (including phenoxy) is 1. The molecule has 2 aromatic rings. The van der Waals surface area contributed by atoms with Crippen molar-refractivity contribution in [2.24, 2.45) is 0 Å². The van der Waals surface area contributed by atoms with Gasteiger partial charge in [0, 0.05) is 32.5 Å². The summed E-state index contributed by atoms with van der Waals surface area (Å²) in [7, 11) is 1.60. The molecule has 1 N–H and O–H groups in total. The molecule has 0 aliphatic heterocycles. The van der Waals surface area contributed by atoms with E-state index < -0.39 is 6.36 Å². The molecule has 0 unspecified atom stereocenters. The van der Waals surface area contributed by atoms with Crippen LogP contribution in [0.1, 0.15) is 43.5 Å². The number of benzene rings is 1. The Kier molecular flexibility index (Phi) is 7.24. The highest BCUT2D eigenvalue weighted by Crippen LogP contribution is 2.23. The van der Waals surface area contributed by atoms with Gasteiger partial charge in [0.2, 0.25) is 5.89 Å². The quantitative estimate of drug-likeness (QED) is 0.681. The predicted molar refractivity (Wildman–Crippen MR) is 94.7 cm³/mol. The fourth-order valence-electron chi connectivity index (χ4n) is 2.32. The van der Waals surface area contributed by atoms with E-state index in [0.717, 1.165) is 0 Å². The van der Waals surface area contributed by atoms with Gasteiger partial charge in [-0.1, -0.05) is 31.1 Å². The Morgan fingerprint density at radius 3 is 2.54 bits per heavy atom. The number of urea groups is 1. The lowest BCUT2D eigenvalue weighted by molar-refractivity contribution is -0.274. The number of nitrogens with zero attached hydrogens (tertiary/aromatic N) is 3. The van der Waals surface area contributed by atoms with Crippen molar-refractivity contribution in [1.82, 2.24) is 20.4 Å². The molecule has 0 radical (unpaired) electrons. The zero-order chi connectivity index (χ0) is 20.7. The number of carbonyl (C=O) groups excluding carboxylic acids is 1. The second kappa shape index (κ2) is 9.43. The van der Waals surface area contributed by atoms with E-state index >= 15 is 0 Å². The molecule has 1 aromatic heterocycles. The summed E-state index contributed by atoms with van der Waals surface area (Å²) in [5, 5.41) is 6.65. The van der Waals surface area contributed by atoms with Crippen LogP contribution in [0.25, 0.3) is 0 Å². The van der Waals surface area contributed by atoms with Crippen molar-refractivity contribution < 1.29 is 27.2 Å². The highest BCUT2D eigenvalue weighted by atomic mass is 19.4. The molecule has 0 atom stereocenters. The first-order valence-corrected chi connectivity index (χ1v) is 8.80. The summed E-state index contributed by atoms with van der Waals surface area (Å²) in [5.74, 6) is 1.09. The predicted octanol–water partition coefficient (Wildman–Crippen LogP) is 3.87. The third-order valence-electron chi connectivity index (χ3n) is 3.77. The van der Waals surface area contributed by atoms with Crippen molar-refractivity contribution >= 4 is 6.03 Å². The maximum absolute atomic E-state index is 12.2. The van der Waals surface area contributed by atoms with Gasteiger partial charge in [-0.05, 0) is 24.1 Å². The molecule has 10 heteroatoms. The van der Waals surface area contributed by atoms with E-state index in [2.05, 4.69) is 20.2 Å². The van der Waals surface area contributed by atoms with Crippen LogP contribution in [0.3, 0.4) is 0 Å². The van der Waals surface area contributed by atoms with Gasteiger partial charge in [0.05, 0.1) is 0 Å². The summed E-state index contributed by atoms with van der Waals surface area (Å²) < 4.78 is 45.4. The van der Waals surface area contributed by atoms with Crippen LogP contribution in [0, 0.1) is 0 Å². The molecular weight excluding hydrogens is 377 g/mol. The van der Waals surface area contributed by atoms with Gasteiger partial charge >= 0.3 is 12.4 Å². The normalized spacial score (nSPS) is 11.5. The fraction of sp³-hybridized carbons (Fsp3) is 0.500. The van der Waals surface area contributed by atoms with Crippen LogP contribution >= 0.6 is 0 Å². The average Bonchev–Trinajstić information content (AvgIpc) is 3.08. The molecule has 7 nitrogen and oxygen atoms in total. The van der Waals surface area contributed by atoms with Gasteiger partial charge in [-0.15, -0.1) is 13.2 Å². The summed E-state index contributed by atoms with van der Waals surface area (Å²) in [6, 6.07) is 5.10. The highest BCUT2D eigenvalue weighted by molar-refractivity contribution is 5.73. The van der Waals surface area contributed by atoms with Crippen LogP contribution in [0.2, 0.25) is 0 Å². The van der Waals surface area contributed by atoms with E-state index in [0.29, 0.717) is 36.7 Å². The summed E-state index contributed by atoms with van der Waals surface area (Å²) in [6.45, 7) is 4.63. The van der Waals surface area contributed by atoms with Gasteiger partial charge in [0.1, 0.15) is 5.75 Å². The summed E-state index contributed by atoms with van der Waals surface area (Å²) in [4.78, 5) is 17.8. The van der Waals surface area contributed by atoms with E-state index in [4.69, 9.17) is 4.52 Å². The van der Waals surface area contributed by atoms with Gasteiger partial charge in [0.25, 0.3) is 0 Å². The van der Waals surface area contributed by atoms with Crippen molar-refractivity contribution in [3.63, 3.8) is 0 Å². The molecule has 0 aliphatic carbocycles. The Labute approximate surface area is 160 Å². The smallest absolute Gasteiger partial charge is 0.406 e. The lowest BCUT2D eigenvalue weighted by Gasteiger charge is -2.18. The molecule has 0 aliphatic rings. The minimum atomic E-state index is -4.73. The first-order valence-electron chi connectivity index (χ1n) is 8.80. The number of rotatable bonds is 8. The first-order chi connectivity index (χ1) is 13.1. The number of hydrogen-bond acceptors (Lipinski definition) is 5. The number of halogens is 3. The van der Waals surface area contributed by atoms with E-state index in [1.54, 1.807) is 7.05 Å². The number of amides is 2. The van der Waals surface area contributed by atoms with Crippen molar-refractivity contribution in [3.05, 3.63) is 41.5 Å². The largest absolute Gasteiger partial charge is 0.573 e. The number of nitrogens with one attached hydrogen (secondary N) is 1. The third-order valence-corrected chi connectivity index (χ3v) is 3.77. The number of aromatic nitrogens is 2. The molecule has 154 valence electrons. The average molecular weight is 400 g/mol. The Morgan fingerprint density at radius 1 is 1.29 bits per heavy atom. The standard InChI is InChI=1S/C18H23F3N4O3/c1-12(2)16-23-15(28-24-16)5-4-10-22-17(26)25(3)11-13-6-8-14(9-7-13)27-18(19,20)21/h6-9,12H,4-5,10-11H2,1-3H3,(H,22,26). The molecule has 0 fully saturated rings. The van der Waals surface area contributed by atoms with E-state index in [1.165, 1.54) is 29.2 Å². The van der Waals surface area contributed by atoms with Crippen molar-refractivity contribution in [2.75, 3.05) is 13.6 Å². The topological polar surface area (TPSA) is 80.5 Å². The maximum Gasteiger partial charge on any atom is 0.573 e. The van der Waals surface area contributed by atoms with Crippen LogP contribution in [0.5, 0.6) is 5.75 Å². The zero-order valence-electron chi connectivity index (χ0n) is 15.9. The van der Waals surface area contributed by atoms with Crippen LogP contribution in [-0.4, -0.2) is 41.0 Å². The summed E-state index contributed by atoms with van der Waals surface area (Å²) >= 11 is 0. The minimum absolute atomic E-state index is 0.194. The molecule has 0 spiro atoms. The fourth-order valence-corrected chi connectivity index (χ4v) is 2.32. The lowest BCUT2D eigenvalue weighted by atomic mass is 10.2. The molecule has 1 aromatic carbocycles. The second-order valence-electron chi connectivity index (χ2n) is 6.58.